The average molecular weight is 292 g/mol. The van der Waals surface area contributed by atoms with Crippen LogP contribution in [0.3, 0.4) is 0 Å². The van der Waals surface area contributed by atoms with E-state index >= 15 is 0 Å². The highest BCUT2D eigenvalue weighted by atomic mass is 16.5. The zero-order valence-electron chi connectivity index (χ0n) is 13.6. The molecule has 1 fully saturated rings. The van der Waals surface area contributed by atoms with Gasteiger partial charge in [0.25, 0.3) is 0 Å². The summed E-state index contributed by atoms with van der Waals surface area (Å²) < 4.78 is 10.7. The lowest BCUT2D eigenvalue weighted by atomic mass is 9.65. The zero-order valence-corrected chi connectivity index (χ0v) is 13.6. The molecule has 0 aliphatic heterocycles. The van der Waals surface area contributed by atoms with Gasteiger partial charge >= 0.3 is 0 Å². The zero-order chi connectivity index (χ0) is 15.5. The van der Waals surface area contributed by atoms with Crippen LogP contribution in [0.2, 0.25) is 0 Å². The van der Waals surface area contributed by atoms with E-state index in [0.717, 1.165) is 17.1 Å². The van der Waals surface area contributed by atoms with Crippen LogP contribution < -0.4 is 20.7 Å². The molecule has 21 heavy (non-hydrogen) atoms. The van der Waals surface area contributed by atoms with Crippen molar-refractivity contribution in [3.05, 3.63) is 23.8 Å². The number of hydrogen-bond acceptors (Lipinski definition) is 4. The molecule has 4 nitrogen and oxygen atoms in total. The lowest BCUT2D eigenvalue weighted by Gasteiger charge is -2.43. The SMILES string of the molecule is COc1ccc(C(NN)C2CCCCC2(C)C)cc1OC. The Kier molecular flexibility index (Phi) is 5.12. The van der Waals surface area contributed by atoms with Crippen LogP contribution in [0.15, 0.2) is 18.2 Å². The molecule has 0 radical (unpaired) electrons. The Morgan fingerprint density at radius 2 is 1.90 bits per heavy atom. The summed E-state index contributed by atoms with van der Waals surface area (Å²) >= 11 is 0. The molecule has 2 unspecified atom stereocenters. The maximum Gasteiger partial charge on any atom is 0.161 e. The molecule has 1 aliphatic carbocycles. The first-order valence-electron chi connectivity index (χ1n) is 7.71. The molecule has 1 saturated carbocycles. The molecule has 118 valence electrons. The molecule has 0 heterocycles. The first-order chi connectivity index (χ1) is 10.0. The molecule has 1 aromatic carbocycles. The summed E-state index contributed by atoms with van der Waals surface area (Å²) in [6.45, 7) is 4.70. The number of benzene rings is 1. The van der Waals surface area contributed by atoms with Gasteiger partial charge in [-0.3, -0.25) is 11.3 Å². The Morgan fingerprint density at radius 3 is 2.48 bits per heavy atom. The van der Waals surface area contributed by atoms with Crippen molar-refractivity contribution in [3.63, 3.8) is 0 Å². The fourth-order valence-electron chi connectivity index (χ4n) is 3.63. The summed E-state index contributed by atoms with van der Waals surface area (Å²) in [5, 5.41) is 0. The summed E-state index contributed by atoms with van der Waals surface area (Å²) in [6.07, 6.45) is 5.05. The minimum atomic E-state index is 0.139. The van der Waals surface area contributed by atoms with Crippen molar-refractivity contribution in [2.75, 3.05) is 14.2 Å². The summed E-state index contributed by atoms with van der Waals surface area (Å²) in [6, 6.07) is 6.21. The van der Waals surface area contributed by atoms with Crippen molar-refractivity contribution in [2.24, 2.45) is 17.2 Å². The van der Waals surface area contributed by atoms with Gasteiger partial charge in [0.15, 0.2) is 11.5 Å². The second kappa shape index (κ2) is 6.67. The largest absolute Gasteiger partial charge is 0.493 e. The van der Waals surface area contributed by atoms with E-state index < -0.39 is 0 Å². The predicted molar refractivity (Wildman–Crippen MR) is 85.3 cm³/mol. The van der Waals surface area contributed by atoms with E-state index in [4.69, 9.17) is 15.3 Å². The maximum absolute atomic E-state index is 5.90. The van der Waals surface area contributed by atoms with Crippen LogP contribution in [0.1, 0.15) is 51.1 Å². The predicted octanol–water partition coefficient (Wildman–Crippen LogP) is 3.42. The van der Waals surface area contributed by atoms with Gasteiger partial charge in [0.2, 0.25) is 0 Å². The quantitative estimate of drug-likeness (QED) is 0.645. The standard InChI is InChI=1S/C17H28N2O2/c1-17(2)10-6-5-7-13(17)16(19-18)12-8-9-14(20-3)15(11-12)21-4/h8-9,11,13,16,19H,5-7,10,18H2,1-4H3. The summed E-state index contributed by atoms with van der Waals surface area (Å²) in [7, 11) is 3.32. The summed E-state index contributed by atoms with van der Waals surface area (Å²) in [4.78, 5) is 0. The minimum Gasteiger partial charge on any atom is -0.493 e. The van der Waals surface area contributed by atoms with Crippen LogP contribution in [-0.4, -0.2) is 14.2 Å². The van der Waals surface area contributed by atoms with Gasteiger partial charge in [0, 0.05) is 6.04 Å². The molecule has 2 rings (SSSR count). The van der Waals surface area contributed by atoms with Crippen molar-refractivity contribution in [3.8, 4) is 11.5 Å². The lowest BCUT2D eigenvalue weighted by Crippen LogP contribution is -2.41. The topological polar surface area (TPSA) is 56.5 Å². The van der Waals surface area contributed by atoms with Crippen LogP contribution in [0, 0.1) is 11.3 Å². The highest BCUT2D eigenvalue weighted by Crippen LogP contribution is 2.47. The Labute approximate surface area is 128 Å². The van der Waals surface area contributed by atoms with Gasteiger partial charge in [-0.1, -0.05) is 32.8 Å². The first-order valence-corrected chi connectivity index (χ1v) is 7.71. The van der Waals surface area contributed by atoms with E-state index in [9.17, 15) is 0 Å². The Hall–Kier alpha value is -1.26. The molecular weight excluding hydrogens is 264 g/mol. The van der Waals surface area contributed by atoms with Crippen molar-refractivity contribution in [1.29, 1.82) is 0 Å². The number of hydrazine groups is 1. The smallest absolute Gasteiger partial charge is 0.161 e. The molecule has 0 aromatic heterocycles. The normalized spacial score (nSPS) is 22.6. The number of hydrogen-bond donors (Lipinski definition) is 2. The van der Waals surface area contributed by atoms with E-state index in [1.165, 1.54) is 25.7 Å². The van der Waals surface area contributed by atoms with Gasteiger partial charge < -0.3 is 9.47 Å². The summed E-state index contributed by atoms with van der Waals surface area (Å²) in [5.74, 6) is 7.92. The van der Waals surface area contributed by atoms with E-state index in [0.29, 0.717) is 11.3 Å². The third-order valence-corrected chi connectivity index (χ3v) is 4.94. The van der Waals surface area contributed by atoms with Gasteiger partial charge in [0.1, 0.15) is 0 Å². The molecule has 3 N–H and O–H groups in total. The Bertz CT molecular complexity index is 474. The van der Waals surface area contributed by atoms with Gasteiger partial charge in [-0.2, -0.15) is 0 Å². The highest BCUT2D eigenvalue weighted by Gasteiger charge is 2.38. The average Bonchev–Trinajstić information content (AvgIpc) is 2.49. The molecule has 1 aromatic rings. The third-order valence-electron chi connectivity index (χ3n) is 4.94. The van der Waals surface area contributed by atoms with Gasteiger partial charge in [-0.15, -0.1) is 0 Å². The van der Waals surface area contributed by atoms with Crippen LogP contribution in [-0.2, 0) is 0 Å². The van der Waals surface area contributed by atoms with E-state index in [2.05, 4.69) is 25.3 Å². The molecule has 2 atom stereocenters. The number of ether oxygens (including phenoxy) is 2. The molecule has 0 spiro atoms. The van der Waals surface area contributed by atoms with E-state index in [1.54, 1.807) is 14.2 Å². The fraction of sp³-hybridized carbons (Fsp3) is 0.647. The Morgan fingerprint density at radius 1 is 1.19 bits per heavy atom. The van der Waals surface area contributed by atoms with E-state index in [1.807, 2.05) is 12.1 Å². The second-order valence-electron chi connectivity index (χ2n) is 6.60. The van der Waals surface area contributed by atoms with Crippen LogP contribution in [0.25, 0.3) is 0 Å². The highest BCUT2D eigenvalue weighted by molar-refractivity contribution is 5.44. The van der Waals surface area contributed by atoms with Crippen molar-refractivity contribution < 1.29 is 9.47 Å². The van der Waals surface area contributed by atoms with Crippen molar-refractivity contribution >= 4 is 0 Å². The number of nitrogens with two attached hydrogens (primary N) is 1. The molecular formula is C17H28N2O2. The van der Waals surface area contributed by atoms with Crippen molar-refractivity contribution in [2.45, 2.75) is 45.6 Å². The molecule has 0 bridgehead atoms. The molecule has 4 heteroatoms. The maximum atomic E-state index is 5.90. The Balaban J connectivity index is 2.32. The van der Waals surface area contributed by atoms with Gasteiger partial charge in [-0.25, -0.2) is 0 Å². The van der Waals surface area contributed by atoms with Crippen LogP contribution >= 0.6 is 0 Å². The third kappa shape index (κ3) is 3.33. The van der Waals surface area contributed by atoms with E-state index in [-0.39, 0.29) is 6.04 Å². The number of rotatable bonds is 5. The lowest BCUT2D eigenvalue weighted by molar-refractivity contribution is 0.0981. The number of methoxy groups -OCH3 is 2. The second-order valence-corrected chi connectivity index (χ2v) is 6.60. The molecule has 0 saturated heterocycles. The first kappa shape index (κ1) is 16.1. The number of nitrogens with one attached hydrogen (secondary N) is 1. The minimum absolute atomic E-state index is 0.139. The van der Waals surface area contributed by atoms with Gasteiger partial charge in [0.05, 0.1) is 14.2 Å². The molecule has 1 aliphatic rings. The van der Waals surface area contributed by atoms with Crippen LogP contribution in [0.5, 0.6) is 11.5 Å². The summed E-state index contributed by atoms with van der Waals surface area (Å²) in [5.41, 5.74) is 4.49. The fourth-order valence-corrected chi connectivity index (χ4v) is 3.63. The van der Waals surface area contributed by atoms with Crippen molar-refractivity contribution in [1.82, 2.24) is 5.43 Å². The van der Waals surface area contributed by atoms with Gasteiger partial charge in [-0.05, 0) is 41.9 Å². The van der Waals surface area contributed by atoms with Crippen LogP contribution in [0.4, 0.5) is 0 Å². The molecule has 0 amide bonds. The monoisotopic (exact) mass is 292 g/mol.